The van der Waals surface area contributed by atoms with Gasteiger partial charge in [-0.3, -0.25) is 0 Å². The number of aromatic nitrogens is 2. The molecule has 0 radical (unpaired) electrons. The molecule has 0 aliphatic carbocycles. The van der Waals surface area contributed by atoms with Crippen molar-refractivity contribution >= 4 is 10.0 Å². The van der Waals surface area contributed by atoms with Gasteiger partial charge in [-0.05, 0) is 13.3 Å². The molecule has 0 saturated carbocycles. The topological polar surface area (TPSA) is 103 Å². The number of imidazole rings is 1. The standard InChI is InChI=1S/C12H18N4O3S/c1-10-12(7-11(8-13)19-10)20(17,18)15-3-2-5-16-6-4-14-9-16/h4,6-7,9,15H,2-3,5,8,13H2,1H3. The third-order valence-corrected chi connectivity index (χ3v) is 4.43. The van der Waals surface area contributed by atoms with Gasteiger partial charge in [-0.1, -0.05) is 0 Å². The van der Waals surface area contributed by atoms with Gasteiger partial charge in [0.25, 0.3) is 0 Å². The van der Waals surface area contributed by atoms with E-state index in [4.69, 9.17) is 10.2 Å². The van der Waals surface area contributed by atoms with Crippen LogP contribution >= 0.6 is 0 Å². The van der Waals surface area contributed by atoms with Crippen LogP contribution in [0.25, 0.3) is 0 Å². The van der Waals surface area contributed by atoms with Gasteiger partial charge in [0.05, 0.1) is 12.9 Å². The van der Waals surface area contributed by atoms with E-state index in [1.54, 1.807) is 19.4 Å². The molecule has 0 aromatic carbocycles. The Bertz CT molecular complexity index is 646. The average Bonchev–Trinajstić information content (AvgIpc) is 3.04. The molecule has 0 aliphatic rings. The molecular formula is C12H18N4O3S. The number of hydrogen-bond donors (Lipinski definition) is 2. The van der Waals surface area contributed by atoms with Crippen molar-refractivity contribution in [3.8, 4) is 0 Å². The van der Waals surface area contributed by atoms with Gasteiger partial charge in [0.2, 0.25) is 10.0 Å². The number of furan rings is 1. The first-order valence-corrected chi connectivity index (χ1v) is 7.76. The molecule has 3 N–H and O–H groups in total. The summed E-state index contributed by atoms with van der Waals surface area (Å²) in [6, 6.07) is 1.47. The van der Waals surface area contributed by atoms with Crippen LogP contribution in [0.1, 0.15) is 17.9 Å². The van der Waals surface area contributed by atoms with E-state index in [0.29, 0.717) is 31.0 Å². The van der Waals surface area contributed by atoms with Crippen molar-refractivity contribution in [1.82, 2.24) is 14.3 Å². The van der Waals surface area contributed by atoms with E-state index in [2.05, 4.69) is 9.71 Å². The van der Waals surface area contributed by atoms with E-state index >= 15 is 0 Å². The molecule has 0 amide bonds. The SMILES string of the molecule is Cc1oc(CN)cc1S(=O)(=O)NCCCn1ccnc1. The van der Waals surface area contributed by atoms with Crippen LogP contribution < -0.4 is 10.5 Å². The van der Waals surface area contributed by atoms with E-state index in [-0.39, 0.29) is 11.4 Å². The summed E-state index contributed by atoms with van der Waals surface area (Å²) >= 11 is 0. The van der Waals surface area contributed by atoms with Crippen molar-refractivity contribution in [3.63, 3.8) is 0 Å². The van der Waals surface area contributed by atoms with Gasteiger partial charge < -0.3 is 14.7 Å². The van der Waals surface area contributed by atoms with E-state index in [9.17, 15) is 8.42 Å². The van der Waals surface area contributed by atoms with Crippen molar-refractivity contribution in [3.05, 3.63) is 36.3 Å². The quantitative estimate of drug-likeness (QED) is 0.729. The monoisotopic (exact) mass is 298 g/mol. The largest absolute Gasteiger partial charge is 0.464 e. The molecular weight excluding hydrogens is 280 g/mol. The fourth-order valence-electron chi connectivity index (χ4n) is 1.86. The minimum Gasteiger partial charge on any atom is -0.464 e. The molecule has 0 saturated heterocycles. The minimum absolute atomic E-state index is 0.153. The molecule has 0 unspecified atom stereocenters. The summed E-state index contributed by atoms with van der Waals surface area (Å²) in [5.74, 6) is 0.814. The fourth-order valence-corrected chi connectivity index (χ4v) is 3.13. The van der Waals surface area contributed by atoms with Gasteiger partial charge in [0, 0.05) is 31.5 Å². The van der Waals surface area contributed by atoms with Crippen LogP contribution in [0.5, 0.6) is 0 Å². The zero-order valence-corrected chi connectivity index (χ0v) is 12.1. The molecule has 8 heteroatoms. The van der Waals surface area contributed by atoms with Crippen molar-refractivity contribution in [1.29, 1.82) is 0 Å². The first kappa shape index (κ1) is 14.8. The zero-order valence-electron chi connectivity index (χ0n) is 11.2. The number of hydrogen-bond acceptors (Lipinski definition) is 5. The lowest BCUT2D eigenvalue weighted by Gasteiger charge is -2.06. The number of nitrogens with zero attached hydrogens (tertiary/aromatic N) is 2. The maximum Gasteiger partial charge on any atom is 0.244 e. The van der Waals surface area contributed by atoms with Crippen molar-refractivity contribution in [2.75, 3.05) is 6.54 Å². The van der Waals surface area contributed by atoms with E-state index in [1.165, 1.54) is 6.07 Å². The van der Waals surface area contributed by atoms with E-state index in [0.717, 1.165) is 0 Å². The van der Waals surface area contributed by atoms with Gasteiger partial charge in [-0.15, -0.1) is 0 Å². The van der Waals surface area contributed by atoms with Crippen LogP contribution in [-0.4, -0.2) is 24.5 Å². The molecule has 2 rings (SSSR count). The molecule has 2 aromatic heterocycles. The fraction of sp³-hybridized carbons (Fsp3) is 0.417. The highest BCUT2D eigenvalue weighted by molar-refractivity contribution is 7.89. The van der Waals surface area contributed by atoms with Gasteiger partial charge in [-0.2, -0.15) is 0 Å². The predicted molar refractivity (Wildman–Crippen MR) is 73.4 cm³/mol. The van der Waals surface area contributed by atoms with Crippen LogP contribution in [0.2, 0.25) is 0 Å². The molecule has 2 heterocycles. The summed E-state index contributed by atoms with van der Waals surface area (Å²) in [6.45, 7) is 2.85. The molecule has 2 aromatic rings. The molecule has 0 spiro atoms. The van der Waals surface area contributed by atoms with E-state index in [1.807, 2.05) is 10.8 Å². The highest BCUT2D eigenvalue weighted by Crippen LogP contribution is 2.19. The number of nitrogens with one attached hydrogen (secondary N) is 1. The smallest absolute Gasteiger partial charge is 0.244 e. The summed E-state index contributed by atoms with van der Waals surface area (Å²) in [5.41, 5.74) is 5.43. The lowest BCUT2D eigenvalue weighted by Crippen LogP contribution is -2.25. The highest BCUT2D eigenvalue weighted by atomic mass is 32.2. The maximum atomic E-state index is 12.1. The summed E-state index contributed by atoms with van der Waals surface area (Å²) < 4.78 is 33.9. The Morgan fingerprint density at radius 3 is 2.90 bits per heavy atom. The Morgan fingerprint density at radius 1 is 1.50 bits per heavy atom. The van der Waals surface area contributed by atoms with Crippen LogP contribution in [-0.2, 0) is 23.1 Å². The summed E-state index contributed by atoms with van der Waals surface area (Å²) in [6.07, 6.45) is 5.90. The highest BCUT2D eigenvalue weighted by Gasteiger charge is 2.20. The van der Waals surface area contributed by atoms with Crippen molar-refractivity contribution in [2.45, 2.75) is 31.3 Å². The molecule has 0 aliphatic heterocycles. The van der Waals surface area contributed by atoms with Gasteiger partial charge in [-0.25, -0.2) is 18.1 Å². The normalized spacial score (nSPS) is 11.9. The Hall–Kier alpha value is -1.64. The van der Waals surface area contributed by atoms with Crippen LogP contribution in [0.3, 0.4) is 0 Å². The minimum atomic E-state index is -3.55. The second kappa shape index (κ2) is 6.21. The lowest BCUT2D eigenvalue weighted by molar-refractivity contribution is 0.478. The van der Waals surface area contributed by atoms with Gasteiger partial charge >= 0.3 is 0 Å². The second-order valence-electron chi connectivity index (χ2n) is 4.39. The van der Waals surface area contributed by atoms with E-state index < -0.39 is 10.0 Å². The van der Waals surface area contributed by atoms with Crippen molar-refractivity contribution < 1.29 is 12.8 Å². The Labute approximate surface area is 117 Å². The van der Waals surface area contributed by atoms with Gasteiger partial charge in [0.15, 0.2) is 0 Å². The molecule has 0 bridgehead atoms. The maximum absolute atomic E-state index is 12.1. The molecule has 7 nitrogen and oxygen atoms in total. The third kappa shape index (κ3) is 3.47. The van der Waals surface area contributed by atoms with Crippen LogP contribution in [0.15, 0.2) is 34.1 Å². The van der Waals surface area contributed by atoms with Crippen LogP contribution in [0.4, 0.5) is 0 Å². The van der Waals surface area contributed by atoms with Crippen LogP contribution in [0, 0.1) is 6.92 Å². The third-order valence-electron chi connectivity index (χ3n) is 2.86. The Kier molecular flexibility index (Phi) is 4.58. The van der Waals surface area contributed by atoms with Gasteiger partial charge in [0.1, 0.15) is 16.4 Å². The Balaban J connectivity index is 1.91. The Morgan fingerprint density at radius 2 is 2.30 bits per heavy atom. The lowest BCUT2D eigenvalue weighted by atomic mass is 10.4. The summed E-state index contributed by atoms with van der Waals surface area (Å²) in [5, 5.41) is 0. The first-order valence-electron chi connectivity index (χ1n) is 6.27. The zero-order chi connectivity index (χ0) is 14.6. The summed E-state index contributed by atoms with van der Waals surface area (Å²) in [4.78, 5) is 4.07. The number of rotatable bonds is 7. The molecule has 0 fully saturated rings. The predicted octanol–water partition coefficient (Wildman–Crippen LogP) is 0.612. The second-order valence-corrected chi connectivity index (χ2v) is 6.12. The first-order chi connectivity index (χ1) is 9.53. The average molecular weight is 298 g/mol. The number of nitrogens with two attached hydrogens (primary N) is 1. The number of aryl methyl sites for hydroxylation is 2. The summed E-state index contributed by atoms with van der Waals surface area (Å²) in [7, 11) is -3.55. The van der Waals surface area contributed by atoms with Crippen molar-refractivity contribution in [2.24, 2.45) is 5.73 Å². The molecule has 0 atom stereocenters. The molecule has 20 heavy (non-hydrogen) atoms. The number of sulfonamides is 1. The molecule has 110 valence electrons.